The molecule has 0 fully saturated rings. The molecule has 0 amide bonds. The van der Waals surface area contributed by atoms with E-state index in [0.29, 0.717) is 12.5 Å². The van der Waals surface area contributed by atoms with Gasteiger partial charge in [0.05, 0.1) is 24.5 Å². The molecular weight excluding hydrogens is 252 g/mol. The molecule has 4 heteroatoms. The quantitative estimate of drug-likeness (QED) is 0.727. The van der Waals surface area contributed by atoms with Gasteiger partial charge in [-0.3, -0.25) is 4.98 Å². The molecule has 0 atom stereocenters. The largest absolute Gasteiger partial charge is 0.486 e. The number of aromatic nitrogens is 2. The van der Waals surface area contributed by atoms with Crippen LogP contribution in [-0.4, -0.2) is 17.1 Å². The summed E-state index contributed by atoms with van der Waals surface area (Å²) in [6.45, 7) is 0.386. The Hall–Kier alpha value is -2.62. The number of hydrogen-bond donors (Lipinski definition) is 0. The van der Waals surface area contributed by atoms with Gasteiger partial charge in [0, 0.05) is 11.5 Å². The topological polar surface area (TPSA) is 44.2 Å². The van der Waals surface area contributed by atoms with E-state index in [1.54, 1.807) is 19.4 Å². The summed E-state index contributed by atoms with van der Waals surface area (Å²) in [6.07, 6.45) is 1.72. The van der Waals surface area contributed by atoms with Crippen molar-refractivity contribution in [3.05, 3.63) is 60.4 Å². The smallest absolute Gasteiger partial charge is 0.213 e. The van der Waals surface area contributed by atoms with Crippen LogP contribution in [-0.2, 0) is 6.61 Å². The van der Waals surface area contributed by atoms with E-state index in [2.05, 4.69) is 9.97 Å². The van der Waals surface area contributed by atoms with Crippen molar-refractivity contribution < 1.29 is 9.47 Å². The summed E-state index contributed by atoms with van der Waals surface area (Å²) >= 11 is 0. The van der Waals surface area contributed by atoms with Gasteiger partial charge in [0.2, 0.25) is 5.88 Å². The van der Waals surface area contributed by atoms with Crippen molar-refractivity contribution in [2.24, 2.45) is 0 Å². The summed E-state index contributed by atoms with van der Waals surface area (Å²) in [5.41, 5.74) is 1.77. The number of ether oxygens (including phenoxy) is 2. The lowest BCUT2D eigenvalue weighted by molar-refractivity contribution is 0.297. The van der Waals surface area contributed by atoms with Crippen LogP contribution in [0.3, 0.4) is 0 Å². The fraction of sp³-hybridized carbons (Fsp3) is 0.125. The molecule has 0 aliphatic carbocycles. The predicted molar refractivity (Wildman–Crippen MR) is 76.9 cm³/mol. The average molecular weight is 266 g/mol. The SMILES string of the molecule is COc1cccc(COc2cnc3ccccc3c2)n1. The highest BCUT2D eigenvalue weighted by Gasteiger charge is 2.01. The van der Waals surface area contributed by atoms with Gasteiger partial charge < -0.3 is 9.47 Å². The second-order valence-corrected chi connectivity index (χ2v) is 4.32. The number of hydrogen-bond acceptors (Lipinski definition) is 4. The van der Waals surface area contributed by atoms with E-state index < -0.39 is 0 Å². The third-order valence-corrected chi connectivity index (χ3v) is 2.94. The summed E-state index contributed by atoms with van der Waals surface area (Å²) < 4.78 is 10.8. The second-order valence-electron chi connectivity index (χ2n) is 4.32. The van der Waals surface area contributed by atoms with Gasteiger partial charge in [-0.05, 0) is 18.2 Å². The van der Waals surface area contributed by atoms with Crippen molar-refractivity contribution in [3.63, 3.8) is 0 Å². The number of para-hydroxylation sites is 1. The molecule has 3 rings (SSSR count). The molecule has 0 unspecified atom stereocenters. The lowest BCUT2D eigenvalue weighted by Gasteiger charge is -2.07. The Kier molecular flexibility index (Phi) is 3.46. The van der Waals surface area contributed by atoms with Crippen LogP contribution >= 0.6 is 0 Å². The Morgan fingerprint density at radius 3 is 2.85 bits per heavy atom. The summed E-state index contributed by atoms with van der Waals surface area (Å²) in [5, 5.41) is 1.06. The minimum atomic E-state index is 0.386. The van der Waals surface area contributed by atoms with Crippen LogP contribution in [0.1, 0.15) is 5.69 Å². The maximum Gasteiger partial charge on any atom is 0.213 e. The minimum absolute atomic E-state index is 0.386. The molecule has 2 aromatic heterocycles. The van der Waals surface area contributed by atoms with E-state index in [1.165, 1.54) is 0 Å². The second kappa shape index (κ2) is 5.57. The van der Waals surface area contributed by atoms with Gasteiger partial charge in [0.25, 0.3) is 0 Å². The van der Waals surface area contributed by atoms with Gasteiger partial charge >= 0.3 is 0 Å². The third kappa shape index (κ3) is 2.69. The number of pyridine rings is 2. The van der Waals surface area contributed by atoms with Crippen molar-refractivity contribution in [2.75, 3.05) is 7.11 Å². The van der Waals surface area contributed by atoms with Crippen LogP contribution in [0.2, 0.25) is 0 Å². The van der Waals surface area contributed by atoms with Crippen molar-refractivity contribution in [3.8, 4) is 11.6 Å². The van der Waals surface area contributed by atoms with E-state index in [9.17, 15) is 0 Å². The van der Waals surface area contributed by atoms with Crippen LogP contribution < -0.4 is 9.47 Å². The highest BCUT2D eigenvalue weighted by atomic mass is 16.5. The van der Waals surface area contributed by atoms with Gasteiger partial charge in [-0.15, -0.1) is 0 Å². The Morgan fingerprint density at radius 2 is 1.95 bits per heavy atom. The molecule has 3 aromatic rings. The molecule has 4 nitrogen and oxygen atoms in total. The summed E-state index contributed by atoms with van der Waals surface area (Å²) in [6, 6.07) is 15.5. The van der Waals surface area contributed by atoms with Crippen LogP contribution in [0.5, 0.6) is 11.6 Å². The molecule has 0 radical (unpaired) electrons. The monoisotopic (exact) mass is 266 g/mol. The van der Waals surface area contributed by atoms with Crippen molar-refractivity contribution in [1.82, 2.24) is 9.97 Å². The fourth-order valence-corrected chi connectivity index (χ4v) is 1.94. The van der Waals surface area contributed by atoms with E-state index in [-0.39, 0.29) is 0 Å². The van der Waals surface area contributed by atoms with E-state index in [1.807, 2.05) is 42.5 Å². The average Bonchev–Trinajstić information content (AvgIpc) is 2.53. The van der Waals surface area contributed by atoms with Gasteiger partial charge in [-0.2, -0.15) is 0 Å². The molecule has 0 saturated heterocycles. The Bertz CT molecular complexity index is 728. The predicted octanol–water partition coefficient (Wildman–Crippen LogP) is 3.22. The molecular formula is C16H14N2O2. The Balaban J connectivity index is 1.76. The van der Waals surface area contributed by atoms with Gasteiger partial charge in [0.1, 0.15) is 12.4 Å². The molecule has 0 bridgehead atoms. The molecule has 0 N–H and O–H groups in total. The van der Waals surface area contributed by atoms with E-state index in [4.69, 9.17) is 9.47 Å². The van der Waals surface area contributed by atoms with E-state index >= 15 is 0 Å². The Morgan fingerprint density at radius 1 is 1.05 bits per heavy atom. The zero-order chi connectivity index (χ0) is 13.8. The number of methoxy groups -OCH3 is 1. The summed E-state index contributed by atoms with van der Waals surface area (Å²) in [5.74, 6) is 1.32. The molecule has 100 valence electrons. The maximum atomic E-state index is 5.72. The van der Waals surface area contributed by atoms with Gasteiger partial charge in [0.15, 0.2) is 0 Å². The van der Waals surface area contributed by atoms with Crippen LogP contribution in [0.15, 0.2) is 54.7 Å². The van der Waals surface area contributed by atoms with Crippen LogP contribution in [0, 0.1) is 0 Å². The first-order valence-corrected chi connectivity index (χ1v) is 6.33. The summed E-state index contributed by atoms with van der Waals surface area (Å²) in [4.78, 5) is 8.66. The molecule has 2 heterocycles. The van der Waals surface area contributed by atoms with Crippen LogP contribution in [0.4, 0.5) is 0 Å². The van der Waals surface area contributed by atoms with Gasteiger partial charge in [-0.25, -0.2) is 4.98 Å². The maximum absolute atomic E-state index is 5.72. The first-order chi connectivity index (χ1) is 9.85. The molecule has 0 aliphatic rings. The van der Waals surface area contributed by atoms with Gasteiger partial charge in [-0.1, -0.05) is 24.3 Å². The highest BCUT2D eigenvalue weighted by Crippen LogP contribution is 2.19. The van der Waals surface area contributed by atoms with Crippen molar-refractivity contribution >= 4 is 10.9 Å². The third-order valence-electron chi connectivity index (χ3n) is 2.94. The normalized spacial score (nSPS) is 10.4. The number of benzene rings is 1. The zero-order valence-corrected chi connectivity index (χ0v) is 11.1. The minimum Gasteiger partial charge on any atom is -0.486 e. The standard InChI is InChI=1S/C16H14N2O2/c1-19-16-8-4-6-13(18-16)11-20-14-9-12-5-2-3-7-15(12)17-10-14/h2-10H,11H2,1H3. The lowest BCUT2D eigenvalue weighted by atomic mass is 10.2. The Labute approximate surface area is 117 Å². The molecule has 0 aliphatic heterocycles. The lowest BCUT2D eigenvalue weighted by Crippen LogP contribution is -1.99. The first kappa shape index (κ1) is 12.4. The molecule has 0 saturated carbocycles. The zero-order valence-electron chi connectivity index (χ0n) is 11.1. The molecule has 20 heavy (non-hydrogen) atoms. The summed E-state index contributed by atoms with van der Waals surface area (Å²) in [7, 11) is 1.60. The number of fused-ring (bicyclic) bond motifs is 1. The first-order valence-electron chi connectivity index (χ1n) is 6.33. The number of rotatable bonds is 4. The molecule has 1 aromatic carbocycles. The van der Waals surface area contributed by atoms with Crippen molar-refractivity contribution in [1.29, 1.82) is 0 Å². The van der Waals surface area contributed by atoms with Crippen molar-refractivity contribution in [2.45, 2.75) is 6.61 Å². The fourth-order valence-electron chi connectivity index (χ4n) is 1.94. The molecule has 0 spiro atoms. The highest BCUT2D eigenvalue weighted by molar-refractivity contribution is 5.79. The number of nitrogens with zero attached hydrogens (tertiary/aromatic N) is 2. The van der Waals surface area contributed by atoms with E-state index in [0.717, 1.165) is 22.3 Å². The van der Waals surface area contributed by atoms with Crippen LogP contribution in [0.25, 0.3) is 10.9 Å².